The van der Waals surface area contributed by atoms with Gasteiger partial charge >= 0.3 is 0 Å². The van der Waals surface area contributed by atoms with E-state index in [0.717, 1.165) is 19.5 Å². The molecule has 0 heterocycles. The second-order valence-corrected chi connectivity index (χ2v) is 0.931. The summed E-state index contributed by atoms with van der Waals surface area (Å²) in [5.74, 6) is 0. The lowest BCUT2D eigenvalue weighted by Gasteiger charge is -1.81. The van der Waals surface area contributed by atoms with E-state index < -0.39 is 0 Å². The Labute approximate surface area is 45.2 Å². The van der Waals surface area contributed by atoms with Gasteiger partial charge in [0, 0.05) is 0 Å². The van der Waals surface area contributed by atoms with Crippen LogP contribution in [0.15, 0.2) is 13.2 Å². The lowest BCUT2D eigenvalue weighted by Crippen LogP contribution is -2.06. The minimum absolute atomic E-state index is 0.719. The summed E-state index contributed by atoms with van der Waals surface area (Å²) in [6.07, 6.45) is 0.944. The molecular formula is C5H14N2. The van der Waals surface area contributed by atoms with Gasteiger partial charge in [0.15, 0.2) is 0 Å². The summed E-state index contributed by atoms with van der Waals surface area (Å²) in [5, 5.41) is 0. The SMILES string of the molecule is C=C.NCCCN. The zero-order valence-corrected chi connectivity index (χ0v) is 4.69. The summed E-state index contributed by atoms with van der Waals surface area (Å²) in [6.45, 7) is 7.44. The molecule has 0 unspecified atom stereocenters. The third-order valence-electron chi connectivity index (χ3n) is 0.408. The highest BCUT2D eigenvalue weighted by molar-refractivity contribution is 4.33. The second kappa shape index (κ2) is 17.4. The molecule has 0 aromatic carbocycles. The van der Waals surface area contributed by atoms with Gasteiger partial charge in [0.25, 0.3) is 0 Å². The third kappa shape index (κ3) is 27.5. The molecule has 0 saturated carbocycles. The van der Waals surface area contributed by atoms with Crippen LogP contribution in [0.1, 0.15) is 6.42 Å². The zero-order chi connectivity index (χ0) is 6.12. The average molecular weight is 102 g/mol. The van der Waals surface area contributed by atoms with Gasteiger partial charge < -0.3 is 11.5 Å². The van der Waals surface area contributed by atoms with Gasteiger partial charge in [0.1, 0.15) is 0 Å². The van der Waals surface area contributed by atoms with Crippen LogP contribution in [0.4, 0.5) is 0 Å². The van der Waals surface area contributed by atoms with Crippen molar-refractivity contribution in [1.29, 1.82) is 0 Å². The quantitative estimate of drug-likeness (QED) is 0.486. The molecule has 2 heteroatoms. The molecular weight excluding hydrogens is 88.1 g/mol. The van der Waals surface area contributed by atoms with E-state index in [-0.39, 0.29) is 0 Å². The smallest absolute Gasteiger partial charge is 0.00653 e. The minimum atomic E-state index is 0.719. The summed E-state index contributed by atoms with van der Waals surface area (Å²) in [5.41, 5.74) is 10.1. The molecule has 0 spiro atoms. The molecule has 0 atom stereocenters. The summed E-state index contributed by atoms with van der Waals surface area (Å²) in [4.78, 5) is 0. The molecule has 0 aliphatic heterocycles. The van der Waals surface area contributed by atoms with Crippen molar-refractivity contribution in [1.82, 2.24) is 0 Å². The van der Waals surface area contributed by atoms with Crippen molar-refractivity contribution in [2.24, 2.45) is 11.5 Å². The maximum atomic E-state index is 5.06. The van der Waals surface area contributed by atoms with E-state index in [1.165, 1.54) is 0 Å². The Hall–Kier alpha value is -0.340. The van der Waals surface area contributed by atoms with Gasteiger partial charge in [-0.25, -0.2) is 0 Å². The fourth-order valence-corrected chi connectivity index (χ4v) is 0.118. The Kier molecular flexibility index (Phi) is 24.4. The normalized spacial score (nSPS) is 6.57. The van der Waals surface area contributed by atoms with Gasteiger partial charge in [-0.05, 0) is 19.5 Å². The monoisotopic (exact) mass is 102 g/mol. The van der Waals surface area contributed by atoms with Gasteiger partial charge in [-0.1, -0.05) is 0 Å². The molecule has 7 heavy (non-hydrogen) atoms. The second-order valence-electron chi connectivity index (χ2n) is 0.931. The summed E-state index contributed by atoms with van der Waals surface area (Å²) < 4.78 is 0. The van der Waals surface area contributed by atoms with E-state index in [1.807, 2.05) is 0 Å². The lowest BCUT2D eigenvalue weighted by molar-refractivity contribution is 0.844. The van der Waals surface area contributed by atoms with E-state index in [1.54, 1.807) is 0 Å². The van der Waals surface area contributed by atoms with Crippen LogP contribution in [0, 0.1) is 0 Å². The molecule has 4 N–H and O–H groups in total. The predicted octanol–water partition coefficient (Wildman–Crippen LogP) is 0.0961. The van der Waals surface area contributed by atoms with Crippen LogP contribution in [0.3, 0.4) is 0 Å². The first-order valence-corrected chi connectivity index (χ1v) is 2.32. The Morgan fingerprint density at radius 2 is 1.29 bits per heavy atom. The summed E-state index contributed by atoms with van der Waals surface area (Å²) >= 11 is 0. The Morgan fingerprint density at radius 3 is 1.29 bits per heavy atom. The first kappa shape index (κ1) is 9.83. The Balaban J connectivity index is 0. The fraction of sp³-hybridized carbons (Fsp3) is 0.600. The molecule has 0 aromatic heterocycles. The highest BCUT2D eigenvalue weighted by Gasteiger charge is 1.67. The van der Waals surface area contributed by atoms with Crippen molar-refractivity contribution in [3.8, 4) is 0 Å². The molecule has 44 valence electrons. The summed E-state index contributed by atoms with van der Waals surface area (Å²) in [6, 6.07) is 0. The van der Waals surface area contributed by atoms with Crippen molar-refractivity contribution < 1.29 is 0 Å². The molecule has 0 saturated heterocycles. The number of hydrogen-bond donors (Lipinski definition) is 2. The Morgan fingerprint density at radius 1 is 1.00 bits per heavy atom. The standard InChI is InChI=1S/C3H10N2.C2H4/c4-2-1-3-5;1-2/h1-5H2;1-2H2. The van der Waals surface area contributed by atoms with Crippen molar-refractivity contribution in [3.05, 3.63) is 13.2 Å². The van der Waals surface area contributed by atoms with Gasteiger partial charge in [0.05, 0.1) is 0 Å². The highest BCUT2D eigenvalue weighted by atomic mass is 14.6. The van der Waals surface area contributed by atoms with Gasteiger partial charge in [0.2, 0.25) is 0 Å². The Bertz CT molecular complexity index is 20.0. The van der Waals surface area contributed by atoms with Crippen LogP contribution in [0.25, 0.3) is 0 Å². The molecule has 0 aliphatic carbocycles. The molecule has 0 rings (SSSR count). The number of rotatable bonds is 2. The topological polar surface area (TPSA) is 52.0 Å². The largest absolute Gasteiger partial charge is 0.330 e. The minimum Gasteiger partial charge on any atom is -0.330 e. The van der Waals surface area contributed by atoms with E-state index in [4.69, 9.17) is 11.5 Å². The molecule has 0 aromatic rings. The van der Waals surface area contributed by atoms with Crippen LogP contribution in [-0.2, 0) is 0 Å². The molecule has 0 fully saturated rings. The van der Waals surface area contributed by atoms with Crippen LogP contribution in [0.5, 0.6) is 0 Å². The van der Waals surface area contributed by atoms with Crippen molar-refractivity contribution in [3.63, 3.8) is 0 Å². The van der Waals surface area contributed by atoms with Crippen LogP contribution >= 0.6 is 0 Å². The number of hydrogen-bond acceptors (Lipinski definition) is 2. The first-order chi connectivity index (χ1) is 3.41. The highest BCUT2D eigenvalue weighted by Crippen LogP contribution is 1.58. The van der Waals surface area contributed by atoms with Gasteiger partial charge in [-0.3, -0.25) is 0 Å². The predicted molar refractivity (Wildman–Crippen MR) is 34.0 cm³/mol. The molecule has 2 nitrogen and oxygen atoms in total. The zero-order valence-electron chi connectivity index (χ0n) is 4.69. The third-order valence-corrected chi connectivity index (χ3v) is 0.408. The van der Waals surface area contributed by atoms with Crippen LogP contribution in [0.2, 0.25) is 0 Å². The van der Waals surface area contributed by atoms with E-state index in [0.29, 0.717) is 0 Å². The first-order valence-electron chi connectivity index (χ1n) is 2.32. The maximum absolute atomic E-state index is 5.06. The van der Waals surface area contributed by atoms with Crippen molar-refractivity contribution in [2.45, 2.75) is 6.42 Å². The summed E-state index contributed by atoms with van der Waals surface area (Å²) in [7, 11) is 0. The average Bonchev–Trinajstić information content (AvgIpc) is 1.75. The lowest BCUT2D eigenvalue weighted by atomic mass is 10.4. The molecule has 0 amide bonds. The maximum Gasteiger partial charge on any atom is -0.00653 e. The van der Waals surface area contributed by atoms with Crippen LogP contribution < -0.4 is 11.5 Å². The molecule has 0 bridgehead atoms. The van der Waals surface area contributed by atoms with Gasteiger partial charge in [-0.15, -0.1) is 13.2 Å². The van der Waals surface area contributed by atoms with Crippen molar-refractivity contribution in [2.75, 3.05) is 13.1 Å². The fourth-order valence-electron chi connectivity index (χ4n) is 0.118. The van der Waals surface area contributed by atoms with Gasteiger partial charge in [-0.2, -0.15) is 0 Å². The van der Waals surface area contributed by atoms with Crippen molar-refractivity contribution >= 4 is 0 Å². The molecule has 0 radical (unpaired) electrons. The number of nitrogens with two attached hydrogens (primary N) is 2. The molecule has 0 aliphatic rings. The van der Waals surface area contributed by atoms with E-state index >= 15 is 0 Å². The van der Waals surface area contributed by atoms with E-state index in [2.05, 4.69) is 13.2 Å². The van der Waals surface area contributed by atoms with Crippen LogP contribution in [-0.4, -0.2) is 13.1 Å². The van der Waals surface area contributed by atoms with E-state index in [9.17, 15) is 0 Å².